The average Bonchev–Trinajstić information content (AvgIpc) is 3.21. The topological polar surface area (TPSA) is 43.9 Å². The zero-order valence-corrected chi connectivity index (χ0v) is 12.3. The molecule has 5 nitrogen and oxygen atoms in total. The van der Waals surface area contributed by atoms with Crippen molar-refractivity contribution in [1.82, 2.24) is 14.7 Å². The van der Waals surface area contributed by atoms with Crippen molar-refractivity contribution in [3.63, 3.8) is 0 Å². The number of carbonyl (C=O) groups is 2. The molecule has 108 valence electrons. The number of hydrogen-bond donors (Lipinski definition) is 0. The van der Waals surface area contributed by atoms with Gasteiger partial charge in [-0.2, -0.15) is 0 Å². The molecule has 19 heavy (non-hydrogen) atoms. The summed E-state index contributed by atoms with van der Waals surface area (Å²) < 4.78 is 0. The van der Waals surface area contributed by atoms with Gasteiger partial charge in [-0.25, -0.2) is 0 Å². The molecule has 2 rings (SSSR count). The quantitative estimate of drug-likeness (QED) is 0.693. The van der Waals surface area contributed by atoms with Gasteiger partial charge in [0.05, 0.1) is 0 Å². The molecule has 0 aromatic carbocycles. The monoisotopic (exact) mass is 267 g/mol. The van der Waals surface area contributed by atoms with Gasteiger partial charge in [0, 0.05) is 39.3 Å². The molecule has 1 aliphatic carbocycles. The third kappa shape index (κ3) is 2.61. The van der Waals surface area contributed by atoms with E-state index in [0.717, 1.165) is 39.0 Å². The molecule has 2 amide bonds. The zero-order valence-electron chi connectivity index (χ0n) is 12.3. The molecule has 0 N–H and O–H groups in total. The van der Waals surface area contributed by atoms with Crippen LogP contribution in [0.1, 0.15) is 26.7 Å². The van der Waals surface area contributed by atoms with Crippen molar-refractivity contribution in [2.24, 2.45) is 5.41 Å². The van der Waals surface area contributed by atoms with Gasteiger partial charge in [-0.05, 0) is 33.7 Å². The Bertz CT molecular complexity index is 354. The first-order valence-corrected chi connectivity index (χ1v) is 7.32. The second-order valence-corrected chi connectivity index (χ2v) is 5.66. The number of nitrogens with zero attached hydrogens (tertiary/aromatic N) is 3. The van der Waals surface area contributed by atoms with Gasteiger partial charge in [-0.3, -0.25) is 9.59 Å². The van der Waals surface area contributed by atoms with E-state index in [0.29, 0.717) is 13.1 Å². The highest BCUT2D eigenvalue weighted by atomic mass is 16.2. The Labute approximate surface area is 115 Å². The van der Waals surface area contributed by atoms with Crippen LogP contribution in [-0.2, 0) is 9.59 Å². The molecule has 1 saturated heterocycles. The van der Waals surface area contributed by atoms with E-state index in [1.807, 2.05) is 18.7 Å². The van der Waals surface area contributed by atoms with E-state index in [9.17, 15) is 9.59 Å². The molecule has 1 saturated carbocycles. The standard InChI is InChI=1S/C14H25N3O2/c1-4-16(5-2)12(18)14(6-7-14)13(19)17-10-8-15(3)9-11-17/h4-11H2,1-3H3. The van der Waals surface area contributed by atoms with Crippen molar-refractivity contribution in [2.45, 2.75) is 26.7 Å². The lowest BCUT2D eigenvalue weighted by atomic mass is 10.0. The van der Waals surface area contributed by atoms with Gasteiger partial charge >= 0.3 is 0 Å². The number of amides is 2. The van der Waals surface area contributed by atoms with E-state index in [4.69, 9.17) is 0 Å². The van der Waals surface area contributed by atoms with Crippen LogP contribution in [0.25, 0.3) is 0 Å². The number of hydrogen-bond acceptors (Lipinski definition) is 3. The Morgan fingerprint density at radius 3 is 2.00 bits per heavy atom. The summed E-state index contributed by atoms with van der Waals surface area (Å²) in [4.78, 5) is 31.0. The Balaban J connectivity index is 2.03. The molecule has 1 heterocycles. The summed E-state index contributed by atoms with van der Waals surface area (Å²) in [6, 6.07) is 0. The average molecular weight is 267 g/mol. The Kier molecular flexibility index (Phi) is 4.13. The van der Waals surface area contributed by atoms with Gasteiger partial charge < -0.3 is 14.7 Å². The van der Waals surface area contributed by atoms with Gasteiger partial charge in [-0.15, -0.1) is 0 Å². The molecular weight excluding hydrogens is 242 g/mol. The van der Waals surface area contributed by atoms with E-state index in [1.165, 1.54) is 0 Å². The molecule has 0 aromatic rings. The summed E-state index contributed by atoms with van der Waals surface area (Å²) in [6.45, 7) is 8.63. The summed E-state index contributed by atoms with van der Waals surface area (Å²) in [5, 5.41) is 0. The number of piperazine rings is 1. The lowest BCUT2D eigenvalue weighted by Crippen LogP contribution is -2.52. The minimum absolute atomic E-state index is 0.0430. The van der Waals surface area contributed by atoms with Crippen LogP contribution in [0, 0.1) is 5.41 Å². The summed E-state index contributed by atoms with van der Waals surface area (Å²) in [5.74, 6) is 0.110. The fourth-order valence-corrected chi connectivity index (χ4v) is 2.77. The minimum atomic E-state index is -0.706. The first-order valence-electron chi connectivity index (χ1n) is 7.32. The van der Waals surface area contributed by atoms with Crippen molar-refractivity contribution >= 4 is 11.8 Å². The highest BCUT2D eigenvalue weighted by molar-refractivity contribution is 6.07. The zero-order chi connectivity index (χ0) is 14.0. The minimum Gasteiger partial charge on any atom is -0.342 e. The van der Waals surface area contributed by atoms with Gasteiger partial charge in [-0.1, -0.05) is 0 Å². The summed E-state index contributed by atoms with van der Waals surface area (Å²) in [6.07, 6.45) is 1.46. The Morgan fingerprint density at radius 1 is 1.05 bits per heavy atom. The largest absolute Gasteiger partial charge is 0.342 e. The number of likely N-dealkylation sites (N-methyl/N-ethyl adjacent to an activating group) is 1. The Hall–Kier alpha value is -1.10. The van der Waals surface area contributed by atoms with Crippen LogP contribution < -0.4 is 0 Å². The van der Waals surface area contributed by atoms with Crippen LogP contribution in [0.3, 0.4) is 0 Å². The lowest BCUT2D eigenvalue weighted by molar-refractivity contribution is -0.150. The highest BCUT2D eigenvalue weighted by Gasteiger charge is 2.59. The van der Waals surface area contributed by atoms with Crippen LogP contribution in [-0.4, -0.2) is 72.8 Å². The predicted molar refractivity (Wildman–Crippen MR) is 73.7 cm³/mol. The molecule has 0 aromatic heterocycles. The molecule has 0 unspecified atom stereocenters. The van der Waals surface area contributed by atoms with Crippen LogP contribution in [0.4, 0.5) is 0 Å². The third-order valence-corrected chi connectivity index (χ3v) is 4.41. The summed E-state index contributed by atoms with van der Waals surface area (Å²) in [5.41, 5.74) is -0.706. The van der Waals surface area contributed by atoms with Crippen molar-refractivity contribution in [1.29, 1.82) is 0 Å². The predicted octanol–water partition coefficient (Wildman–Crippen LogP) is 0.409. The fourth-order valence-electron chi connectivity index (χ4n) is 2.77. The van der Waals surface area contributed by atoms with Crippen molar-refractivity contribution in [3.8, 4) is 0 Å². The molecule has 1 aliphatic heterocycles. The molecule has 2 fully saturated rings. The van der Waals surface area contributed by atoms with Gasteiger partial charge in [0.2, 0.25) is 11.8 Å². The van der Waals surface area contributed by atoms with Crippen molar-refractivity contribution < 1.29 is 9.59 Å². The van der Waals surface area contributed by atoms with Gasteiger partial charge in [0.25, 0.3) is 0 Å². The smallest absolute Gasteiger partial charge is 0.238 e. The lowest BCUT2D eigenvalue weighted by Gasteiger charge is -2.35. The van der Waals surface area contributed by atoms with E-state index in [1.54, 1.807) is 4.90 Å². The molecule has 2 aliphatic rings. The maximum Gasteiger partial charge on any atom is 0.238 e. The van der Waals surface area contributed by atoms with Crippen molar-refractivity contribution in [2.75, 3.05) is 46.3 Å². The molecular formula is C14H25N3O2. The number of carbonyl (C=O) groups excluding carboxylic acids is 2. The van der Waals surface area contributed by atoms with Crippen LogP contribution in [0.2, 0.25) is 0 Å². The third-order valence-electron chi connectivity index (χ3n) is 4.41. The summed E-state index contributed by atoms with van der Waals surface area (Å²) >= 11 is 0. The Morgan fingerprint density at radius 2 is 1.58 bits per heavy atom. The normalized spacial score (nSPS) is 22.2. The second kappa shape index (κ2) is 5.49. The molecule has 0 spiro atoms. The van der Waals surface area contributed by atoms with E-state index in [2.05, 4.69) is 11.9 Å². The van der Waals surface area contributed by atoms with Crippen LogP contribution in [0.15, 0.2) is 0 Å². The molecule has 0 atom stereocenters. The molecule has 0 bridgehead atoms. The number of rotatable bonds is 4. The fraction of sp³-hybridized carbons (Fsp3) is 0.857. The van der Waals surface area contributed by atoms with E-state index >= 15 is 0 Å². The first-order chi connectivity index (χ1) is 9.05. The van der Waals surface area contributed by atoms with Gasteiger partial charge in [0.1, 0.15) is 5.41 Å². The maximum atomic E-state index is 12.6. The van der Waals surface area contributed by atoms with Crippen molar-refractivity contribution in [3.05, 3.63) is 0 Å². The summed E-state index contributed by atoms with van der Waals surface area (Å²) in [7, 11) is 2.07. The second-order valence-electron chi connectivity index (χ2n) is 5.66. The highest BCUT2D eigenvalue weighted by Crippen LogP contribution is 2.48. The van der Waals surface area contributed by atoms with Crippen LogP contribution >= 0.6 is 0 Å². The molecule has 5 heteroatoms. The van der Waals surface area contributed by atoms with E-state index in [-0.39, 0.29) is 11.8 Å². The SMILES string of the molecule is CCN(CC)C(=O)C1(C(=O)N2CCN(C)CC2)CC1. The van der Waals surface area contributed by atoms with Crippen LogP contribution in [0.5, 0.6) is 0 Å². The van der Waals surface area contributed by atoms with E-state index < -0.39 is 5.41 Å². The van der Waals surface area contributed by atoms with Gasteiger partial charge in [0.15, 0.2) is 0 Å². The maximum absolute atomic E-state index is 12.6. The molecule has 0 radical (unpaired) electrons. The first kappa shape index (κ1) is 14.3.